The highest BCUT2D eigenvalue weighted by Gasteiger charge is 2.23. The summed E-state index contributed by atoms with van der Waals surface area (Å²) < 4.78 is 9.17. The normalized spacial score (nSPS) is 11.5. The van der Waals surface area contributed by atoms with E-state index in [0.717, 1.165) is 55.8 Å². The fourth-order valence-electron chi connectivity index (χ4n) is 9.76. The van der Waals surface area contributed by atoms with E-state index in [4.69, 9.17) is 4.42 Å². The molecule has 0 bridgehead atoms. The minimum absolute atomic E-state index is 0.867. The van der Waals surface area contributed by atoms with Crippen LogP contribution in [-0.2, 0) is 0 Å². The maximum Gasteiger partial charge on any atom is 0.143 e. The Bertz CT molecular complexity index is 3590. The number of furan rings is 1. The Morgan fingerprint density at radius 1 is 0.359 bits per heavy atom. The van der Waals surface area contributed by atoms with Crippen LogP contribution >= 0.6 is 0 Å². The minimum atomic E-state index is 0.867. The van der Waals surface area contributed by atoms with Crippen molar-refractivity contribution in [2.24, 2.45) is 0 Å². The number of aryl methyl sites for hydroxylation is 1. The molecule has 10 aromatic carbocycles. The SMILES string of the molecule is Cc1cc(N(c2ccc(-c3ccccc3)cc2)c2cc(-c3ccc(-n4c5ccccc5c5ccccc54)cc3)c3oc4ccccc4c3c2)cc(-c2ccccc2)c1-c1ccccc1. The van der Waals surface area contributed by atoms with Gasteiger partial charge in [-0.15, -0.1) is 0 Å². The Labute approximate surface area is 372 Å². The summed E-state index contributed by atoms with van der Waals surface area (Å²) in [5.74, 6) is 0. The van der Waals surface area contributed by atoms with Crippen molar-refractivity contribution >= 4 is 60.8 Å². The van der Waals surface area contributed by atoms with Crippen molar-refractivity contribution in [3.05, 3.63) is 242 Å². The summed E-state index contributed by atoms with van der Waals surface area (Å²) in [5.41, 5.74) is 18.9. The molecule has 0 radical (unpaired) electrons. The zero-order valence-electron chi connectivity index (χ0n) is 35.3. The van der Waals surface area contributed by atoms with Crippen molar-refractivity contribution in [3.63, 3.8) is 0 Å². The molecule has 2 heterocycles. The molecule has 0 spiro atoms. The van der Waals surface area contributed by atoms with Crippen molar-refractivity contribution in [1.82, 2.24) is 4.57 Å². The number of fused-ring (bicyclic) bond motifs is 6. The monoisotopic (exact) mass is 818 g/mol. The lowest BCUT2D eigenvalue weighted by Gasteiger charge is -2.28. The van der Waals surface area contributed by atoms with Crippen molar-refractivity contribution in [2.45, 2.75) is 6.92 Å². The van der Waals surface area contributed by atoms with Crippen LogP contribution in [0.1, 0.15) is 5.56 Å². The molecule has 12 aromatic rings. The number of benzene rings is 10. The van der Waals surface area contributed by atoms with Crippen molar-refractivity contribution in [3.8, 4) is 50.2 Å². The Morgan fingerprint density at radius 2 is 0.844 bits per heavy atom. The summed E-state index contributed by atoms with van der Waals surface area (Å²) in [4.78, 5) is 2.42. The molecular weight excluding hydrogens is 777 g/mol. The van der Waals surface area contributed by atoms with Crippen LogP contribution in [0, 0.1) is 6.92 Å². The van der Waals surface area contributed by atoms with Gasteiger partial charge in [-0.25, -0.2) is 0 Å². The highest BCUT2D eigenvalue weighted by Crippen LogP contribution is 2.47. The third-order valence-electron chi connectivity index (χ3n) is 12.7. The van der Waals surface area contributed by atoms with E-state index in [1.807, 2.05) is 0 Å². The summed E-state index contributed by atoms with van der Waals surface area (Å²) in [7, 11) is 0. The third kappa shape index (κ3) is 6.37. The third-order valence-corrected chi connectivity index (χ3v) is 12.7. The van der Waals surface area contributed by atoms with Crippen molar-refractivity contribution in [1.29, 1.82) is 0 Å². The molecule has 0 aliphatic rings. The van der Waals surface area contributed by atoms with Gasteiger partial charge in [0.15, 0.2) is 0 Å². The Balaban J connectivity index is 1.08. The van der Waals surface area contributed by atoms with E-state index in [1.165, 1.54) is 60.8 Å². The van der Waals surface area contributed by atoms with Gasteiger partial charge < -0.3 is 13.9 Å². The Kier molecular flexibility index (Phi) is 9.05. The second-order valence-electron chi connectivity index (χ2n) is 16.6. The maximum absolute atomic E-state index is 6.80. The average Bonchev–Trinajstić information content (AvgIpc) is 3.91. The number of hydrogen-bond donors (Lipinski definition) is 0. The fraction of sp³-hybridized carbons (Fsp3) is 0.0164. The van der Waals surface area contributed by atoms with Gasteiger partial charge in [0.25, 0.3) is 0 Å². The number of nitrogens with zero attached hydrogens (tertiary/aromatic N) is 2. The second-order valence-corrected chi connectivity index (χ2v) is 16.6. The zero-order chi connectivity index (χ0) is 42.6. The van der Waals surface area contributed by atoms with Gasteiger partial charge in [-0.05, 0) is 118 Å². The predicted octanol–water partition coefficient (Wildman–Crippen LogP) is 17.1. The van der Waals surface area contributed by atoms with Gasteiger partial charge in [-0.2, -0.15) is 0 Å². The van der Waals surface area contributed by atoms with Gasteiger partial charge in [0, 0.05) is 49.9 Å². The van der Waals surface area contributed by atoms with Gasteiger partial charge in [0.2, 0.25) is 0 Å². The average molecular weight is 819 g/mol. The highest BCUT2D eigenvalue weighted by atomic mass is 16.3. The minimum Gasteiger partial charge on any atom is -0.455 e. The zero-order valence-corrected chi connectivity index (χ0v) is 35.3. The van der Waals surface area contributed by atoms with Crippen LogP contribution < -0.4 is 4.90 Å². The van der Waals surface area contributed by atoms with Crippen molar-refractivity contribution < 1.29 is 4.42 Å². The molecule has 302 valence electrons. The van der Waals surface area contributed by atoms with Crippen LogP contribution in [0.3, 0.4) is 0 Å². The van der Waals surface area contributed by atoms with E-state index in [9.17, 15) is 0 Å². The number of para-hydroxylation sites is 3. The van der Waals surface area contributed by atoms with Gasteiger partial charge >= 0.3 is 0 Å². The molecule has 12 rings (SSSR count). The lowest BCUT2D eigenvalue weighted by Crippen LogP contribution is -2.11. The first-order valence-electron chi connectivity index (χ1n) is 21.9. The predicted molar refractivity (Wildman–Crippen MR) is 269 cm³/mol. The lowest BCUT2D eigenvalue weighted by atomic mass is 9.90. The molecule has 0 saturated carbocycles. The topological polar surface area (TPSA) is 21.3 Å². The molecule has 0 aliphatic heterocycles. The van der Waals surface area contributed by atoms with Gasteiger partial charge in [0.1, 0.15) is 11.2 Å². The standard InChI is InChI=1S/C61H42N2O/c1-41-37-49(38-54(44-19-7-3-8-20-44)60(41)46-21-9-4-10-22-46)62(47-33-29-43(30-34-47)42-17-5-2-6-18-42)50-39-55(61-56(40-50)53-25-13-16-28-59(53)64-61)45-31-35-48(36-32-45)63-57-26-14-11-23-51(57)52-24-12-15-27-58(52)63/h2-40H,1H3. The molecular formula is C61H42N2O. The first-order chi connectivity index (χ1) is 31.7. The molecule has 0 fully saturated rings. The number of rotatable bonds is 8. The number of hydrogen-bond acceptors (Lipinski definition) is 2. The van der Waals surface area contributed by atoms with Crippen LogP contribution in [0.25, 0.3) is 93.9 Å². The smallest absolute Gasteiger partial charge is 0.143 e. The Hall–Kier alpha value is -8.40. The van der Waals surface area contributed by atoms with Gasteiger partial charge in [0.05, 0.1) is 11.0 Å². The lowest BCUT2D eigenvalue weighted by molar-refractivity contribution is 0.670. The molecule has 2 aromatic heterocycles. The number of anilines is 3. The van der Waals surface area contributed by atoms with Gasteiger partial charge in [-0.1, -0.05) is 170 Å². The fourth-order valence-corrected chi connectivity index (χ4v) is 9.76. The molecule has 0 amide bonds. The van der Waals surface area contributed by atoms with Crippen LogP contribution in [-0.4, -0.2) is 4.57 Å². The molecule has 0 aliphatic carbocycles. The molecule has 0 unspecified atom stereocenters. The van der Waals surface area contributed by atoms with Crippen LogP contribution in [0.15, 0.2) is 241 Å². The van der Waals surface area contributed by atoms with E-state index < -0.39 is 0 Å². The first kappa shape index (κ1) is 37.4. The van der Waals surface area contributed by atoms with Crippen molar-refractivity contribution in [2.75, 3.05) is 4.90 Å². The Morgan fingerprint density at radius 3 is 1.50 bits per heavy atom. The summed E-state index contributed by atoms with van der Waals surface area (Å²) in [5, 5.41) is 4.65. The van der Waals surface area contributed by atoms with E-state index >= 15 is 0 Å². The molecule has 3 heteroatoms. The molecule has 0 atom stereocenters. The van der Waals surface area contributed by atoms with E-state index in [-0.39, 0.29) is 0 Å². The van der Waals surface area contributed by atoms with E-state index in [0.29, 0.717) is 0 Å². The second kappa shape index (κ2) is 15.5. The number of aromatic nitrogens is 1. The van der Waals surface area contributed by atoms with Crippen LogP contribution in [0.4, 0.5) is 17.1 Å². The first-order valence-corrected chi connectivity index (χ1v) is 21.9. The molecule has 64 heavy (non-hydrogen) atoms. The molecule has 3 nitrogen and oxygen atoms in total. The molecule has 0 N–H and O–H groups in total. The van der Waals surface area contributed by atoms with E-state index in [2.05, 4.69) is 253 Å². The summed E-state index contributed by atoms with van der Waals surface area (Å²) in [6.07, 6.45) is 0. The largest absolute Gasteiger partial charge is 0.455 e. The molecule has 0 saturated heterocycles. The summed E-state index contributed by atoms with van der Waals surface area (Å²) in [6.45, 7) is 2.24. The van der Waals surface area contributed by atoms with Gasteiger partial charge in [-0.3, -0.25) is 0 Å². The van der Waals surface area contributed by atoms with Crippen LogP contribution in [0.2, 0.25) is 0 Å². The summed E-state index contributed by atoms with van der Waals surface area (Å²) >= 11 is 0. The van der Waals surface area contributed by atoms with E-state index in [1.54, 1.807) is 0 Å². The quantitative estimate of drug-likeness (QED) is 0.152. The summed E-state index contributed by atoms with van der Waals surface area (Å²) in [6, 6.07) is 85.2. The maximum atomic E-state index is 6.80. The highest BCUT2D eigenvalue weighted by molar-refractivity contribution is 6.12. The van der Waals surface area contributed by atoms with Crippen LogP contribution in [0.5, 0.6) is 0 Å².